The van der Waals surface area contributed by atoms with Crippen molar-refractivity contribution in [3.8, 4) is 5.75 Å². The van der Waals surface area contributed by atoms with Gasteiger partial charge in [0.15, 0.2) is 5.96 Å². The molecule has 0 aliphatic heterocycles. The normalized spacial score (nSPS) is 11.3. The molecule has 7 heteroatoms. The summed E-state index contributed by atoms with van der Waals surface area (Å²) >= 11 is 0. The number of alkyl halides is 2. The topological polar surface area (TPSA) is 45.7 Å². The third-order valence-corrected chi connectivity index (χ3v) is 2.97. The van der Waals surface area contributed by atoms with Crippen LogP contribution in [0.5, 0.6) is 5.75 Å². The van der Waals surface area contributed by atoms with Crippen LogP contribution in [0.1, 0.15) is 25.8 Å². The van der Waals surface area contributed by atoms with Crippen molar-refractivity contribution >= 4 is 29.9 Å². The molecule has 1 rings (SSSR count). The lowest BCUT2D eigenvalue weighted by atomic mass is 10.1. The Balaban J connectivity index is 0.00000484. The Bertz CT molecular complexity index is 470. The summed E-state index contributed by atoms with van der Waals surface area (Å²) in [4.78, 5) is 4.15. The van der Waals surface area contributed by atoms with Gasteiger partial charge in [-0.15, -0.1) is 24.0 Å². The summed E-state index contributed by atoms with van der Waals surface area (Å²) in [6.45, 7) is 5.16. The van der Waals surface area contributed by atoms with Crippen LogP contribution in [0.25, 0.3) is 0 Å². The van der Waals surface area contributed by atoms with Crippen LogP contribution in [-0.2, 0) is 6.54 Å². The lowest BCUT2D eigenvalue weighted by Gasteiger charge is -2.13. The van der Waals surface area contributed by atoms with Crippen LogP contribution >= 0.6 is 24.0 Å². The number of hydrogen-bond acceptors (Lipinski definition) is 2. The molecule has 0 atom stereocenters. The number of aliphatic imine (C=N–C) groups is 1. The number of guanidine groups is 1. The van der Waals surface area contributed by atoms with Gasteiger partial charge in [-0.1, -0.05) is 26.0 Å². The monoisotopic (exact) mass is 441 g/mol. The van der Waals surface area contributed by atoms with Crippen molar-refractivity contribution in [2.24, 2.45) is 10.9 Å². The van der Waals surface area contributed by atoms with E-state index in [0.717, 1.165) is 24.5 Å². The number of halogens is 3. The second-order valence-corrected chi connectivity index (χ2v) is 5.38. The van der Waals surface area contributed by atoms with Gasteiger partial charge in [-0.25, -0.2) is 8.78 Å². The second kappa shape index (κ2) is 12.3. The van der Waals surface area contributed by atoms with Gasteiger partial charge in [0.2, 0.25) is 0 Å². The van der Waals surface area contributed by atoms with E-state index in [1.54, 1.807) is 25.2 Å². The summed E-state index contributed by atoms with van der Waals surface area (Å²) in [5.74, 6) is 1.80. The van der Waals surface area contributed by atoms with Crippen molar-refractivity contribution in [3.63, 3.8) is 0 Å². The first kappa shape index (κ1) is 21.9. The van der Waals surface area contributed by atoms with Crippen LogP contribution in [0.3, 0.4) is 0 Å². The Hall–Kier alpha value is -1.12. The predicted octanol–water partition coefficient (Wildman–Crippen LogP) is 3.66. The number of ether oxygens (including phenoxy) is 1. The standard InChI is InChI=1S/C16H25F2N3O.HI/c1-12(2)7-8-20-16(19-3)21-10-13-5-4-6-14(9-13)22-11-15(17)18;/h4-6,9,12,15H,7-8,10-11H2,1-3H3,(H2,19,20,21);1H. The minimum Gasteiger partial charge on any atom is -0.488 e. The van der Waals surface area contributed by atoms with E-state index >= 15 is 0 Å². The molecule has 4 nitrogen and oxygen atoms in total. The van der Waals surface area contributed by atoms with Gasteiger partial charge in [-0.3, -0.25) is 4.99 Å². The third-order valence-electron chi connectivity index (χ3n) is 2.97. The zero-order valence-corrected chi connectivity index (χ0v) is 16.1. The number of rotatable bonds is 8. The van der Waals surface area contributed by atoms with Crippen LogP contribution < -0.4 is 15.4 Å². The van der Waals surface area contributed by atoms with Gasteiger partial charge in [0, 0.05) is 20.1 Å². The van der Waals surface area contributed by atoms with Crippen LogP contribution in [-0.4, -0.2) is 32.6 Å². The highest BCUT2D eigenvalue weighted by molar-refractivity contribution is 14.0. The molecule has 0 aliphatic carbocycles. The summed E-state index contributed by atoms with van der Waals surface area (Å²) in [5.41, 5.74) is 0.943. The molecule has 0 aromatic heterocycles. The predicted molar refractivity (Wildman–Crippen MR) is 101 cm³/mol. The maximum Gasteiger partial charge on any atom is 0.272 e. The molecule has 2 N–H and O–H groups in total. The van der Waals surface area contributed by atoms with Gasteiger partial charge in [0.05, 0.1) is 0 Å². The molecule has 0 heterocycles. The van der Waals surface area contributed by atoms with E-state index in [4.69, 9.17) is 4.74 Å². The van der Waals surface area contributed by atoms with Gasteiger partial charge in [-0.2, -0.15) is 0 Å². The molecule has 0 unspecified atom stereocenters. The van der Waals surface area contributed by atoms with E-state index in [1.807, 2.05) is 6.07 Å². The Morgan fingerprint density at radius 3 is 2.61 bits per heavy atom. The maximum atomic E-state index is 12.1. The van der Waals surface area contributed by atoms with Crippen molar-refractivity contribution in [3.05, 3.63) is 29.8 Å². The second-order valence-electron chi connectivity index (χ2n) is 5.38. The average molecular weight is 441 g/mol. The summed E-state index contributed by atoms with van der Waals surface area (Å²) < 4.78 is 29.3. The van der Waals surface area contributed by atoms with E-state index in [2.05, 4.69) is 29.5 Å². The smallest absolute Gasteiger partial charge is 0.272 e. The fraction of sp³-hybridized carbons (Fsp3) is 0.562. The average Bonchev–Trinajstić information content (AvgIpc) is 2.48. The lowest BCUT2D eigenvalue weighted by molar-refractivity contribution is 0.0818. The highest BCUT2D eigenvalue weighted by Crippen LogP contribution is 2.14. The Morgan fingerprint density at radius 2 is 2.00 bits per heavy atom. The van der Waals surface area contributed by atoms with Crippen molar-refractivity contribution in [2.75, 3.05) is 20.2 Å². The van der Waals surface area contributed by atoms with Crippen molar-refractivity contribution in [2.45, 2.75) is 33.2 Å². The molecule has 132 valence electrons. The summed E-state index contributed by atoms with van der Waals surface area (Å²) in [5, 5.41) is 6.42. The number of benzene rings is 1. The fourth-order valence-corrected chi connectivity index (χ4v) is 1.79. The highest BCUT2D eigenvalue weighted by Gasteiger charge is 2.04. The minimum absolute atomic E-state index is 0. The molecule has 23 heavy (non-hydrogen) atoms. The first-order valence-corrected chi connectivity index (χ1v) is 7.45. The van der Waals surface area contributed by atoms with E-state index in [1.165, 1.54) is 0 Å². The van der Waals surface area contributed by atoms with Crippen molar-refractivity contribution in [1.29, 1.82) is 0 Å². The molecule has 1 aromatic carbocycles. The number of nitrogens with zero attached hydrogens (tertiary/aromatic N) is 1. The molecule has 0 bridgehead atoms. The van der Waals surface area contributed by atoms with Crippen LogP contribution in [0, 0.1) is 5.92 Å². The molecular formula is C16H26F2IN3O. The van der Waals surface area contributed by atoms with Gasteiger partial charge in [0.25, 0.3) is 6.43 Å². The molecule has 0 saturated heterocycles. The molecular weight excluding hydrogens is 415 g/mol. The molecule has 0 aliphatic rings. The lowest BCUT2D eigenvalue weighted by Crippen LogP contribution is -2.37. The molecule has 0 saturated carbocycles. The quantitative estimate of drug-likeness (QED) is 0.368. The van der Waals surface area contributed by atoms with Gasteiger partial charge >= 0.3 is 0 Å². The van der Waals surface area contributed by atoms with E-state index < -0.39 is 13.0 Å². The zero-order valence-electron chi connectivity index (χ0n) is 13.8. The first-order chi connectivity index (χ1) is 10.5. The Labute approximate surface area is 154 Å². The Morgan fingerprint density at radius 1 is 1.26 bits per heavy atom. The summed E-state index contributed by atoms with van der Waals surface area (Å²) in [6, 6.07) is 7.11. The Kier molecular flexibility index (Phi) is 11.7. The van der Waals surface area contributed by atoms with E-state index in [-0.39, 0.29) is 24.0 Å². The molecule has 1 aromatic rings. The molecule has 0 fully saturated rings. The number of nitrogens with one attached hydrogen (secondary N) is 2. The SMILES string of the molecule is CN=C(NCCC(C)C)NCc1cccc(OCC(F)F)c1.I. The summed E-state index contributed by atoms with van der Waals surface area (Å²) in [7, 11) is 1.72. The maximum absolute atomic E-state index is 12.1. The summed E-state index contributed by atoms with van der Waals surface area (Å²) in [6.07, 6.45) is -1.40. The minimum atomic E-state index is -2.47. The van der Waals surface area contributed by atoms with Crippen molar-refractivity contribution < 1.29 is 13.5 Å². The van der Waals surface area contributed by atoms with Crippen LogP contribution in [0.15, 0.2) is 29.3 Å². The molecule has 0 amide bonds. The largest absolute Gasteiger partial charge is 0.488 e. The van der Waals surface area contributed by atoms with Crippen LogP contribution in [0.4, 0.5) is 8.78 Å². The van der Waals surface area contributed by atoms with Gasteiger partial charge in [0.1, 0.15) is 12.4 Å². The zero-order chi connectivity index (χ0) is 16.4. The van der Waals surface area contributed by atoms with Crippen LogP contribution in [0.2, 0.25) is 0 Å². The van der Waals surface area contributed by atoms with Crippen molar-refractivity contribution in [1.82, 2.24) is 10.6 Å². The number of hydrogen-bond donors (Lipinski definition) is 2. The van der Waals surface area contributed by atoms with E-state index in [0.29, 0.717) is 18.2 Å². The highest BCUT2D eigenvalue weighted by atomic mass is 127. The molecule has 0 radical (unpaired) electrons. The van der Waals surface area contributed by atoms with Gasteiger partial charge < -0.3 is 15.4 Å². The van der Waals surface area contributed by atoms with E-state index in [9.17, 15) is 8.78 Å². The molecule has 0 spiro atoms. The first-order valence-electron chi connectivity index (χ1n) is 7.45. The van der Waals surface area contributed by atoms with Gasteiger partial charge in [-0.05, 0) is 30.0 Å². The fourth-order valence-electron chi connectivity index (χ4n) is 1.79. The third kappa shape index (κ3) is 10.3.